The van der Waals surface area contributed by atoms with Crippen LogP contribution in [0.25, 0.3) is 4.96 Å². The Morgan fingerprint density at radius 2 is 2.43 bits per heavy atom. The summed E-state index contributed by atoms with van der Waals surface area (Å²) < 4.78 is 6.44. The van der Waals surface area contributed by atoms with E-state index < -0.39 is 0 Å². The van der Waals surface area contributed by atoms with Crippen molar-refractivity contribution in [2.75, 3.05) is 19.7 Å². The van der Waals surface area contributed by atoms with E-state index in [9.17, 15) is 9.59 Å². The molecule has 0 aliphatic heterocycles. The molecule has 2 aromatic rings. The number of hydrogen-bond acceptors (Lipinski definition) is 6. The highest BCUT2D eigenvalue weighted by atomic mass is 32.1. The fourth-order valence-corrected chi connectivity index (χ4v) is 2.69. The van der Waals surface area contributed by atoms with E-state index in [1.807, 2.05) is 10.3 Å². The molecule has 0 bridgehead atoms. The third-order valence-electron chi connectivity index (χ3n) is 2.79. The zero-order valence-electron chi connectivity index (χ0n) is 11.8. The van der Waals surface area contributed by atoms with Gasteiger partial charge < -0.3 is 4.74 Å². The Hall–Kier alpha value is -1.99. The topological polar surface area (TPSA) is 63.9 Å². The Balaban J connectivity index is 2.15. The first-order valence-electron chi connectivity index (χ1n) is 6.58. The lowest BCUT2D eigenvalue weighted by Crippen LogP contribution is -2.31. The minimum absolute atomic E-state index is 0.120. The second-order valence-electron chi connectivity index (χ2n) is 4.40. The van der Waals surface area contributed by atoms with E-state index in [0.717, 1.165) is 0 Å². The predicted molar refractivity (Wildman–Crippen MR) is 81.4 cm³/mol. The minimum atomic E-state index is -0.298. The van der Waals surface area contributed by atoms with E-state index >= 15 is 0 Å². The van der Waals surface area contributed by atoms with Gasteiger partial charge in [-0.2, -0.15) is 0 Å². The molecule has 0 aromatic carbocycles. The molecule has 7 heteroatoms. The van der Waals surface area contributed by atoms with Crippen LogP contribution in [-0.2, 0) is 16.1 Å². The molecule has 6 nitrogen and oxygen atoms in total. The Morgan fingerprint density at radius 3 is 3.14 bits per heavy atom. The van der Waals surface area contributed by atoms with E-state index in [-0.39, 0.29) is 18.1 Å². The third kappa shape index (κ3) is 3.99. The molecule has 0 atom stereocenters. The van der Waals surface area contributed by atoms with Crippen LogP contribution < -0.4 is 5.56 Å². The molecular formula is C14H17N3O3S. The predicted octanol–water partition coefficient (Wildman–Crippen LogP) is 1.31. The first-order valence-corrected chi connectivity index (χ1v) is 7.46. The maximum absolute atomic E-state index is 11.9. The summed E-state index contributed by atoms with van der Waals surface area (Å²) in [6.45, 7) is 6.85. The molecule has 0 N–H and O–H groups in total. The van der Waals surface area contributed by atoms with Gasteiger partial charge in [-0.05, 0) is 6.92 Å². The summed E-state index contributed by atoms with van der Waals surface area (Å²) in [6, 6.07) is 1.49. The van der Waals surface area contributed by atoms with Gasteiger partial charge in [0.2, 0.25) is 0 Å². The summed E-state index contributed by atoms with van der Waals surface area (Å²) in [4.78, 5) is 30.4. The van der Waals surface area contributed by atoms with Gasteiger partial charge in [-0.1, -0.05) is 6.08 Å². The van der Waals surface area contributed by atoms with Crippen LogP contribution in [0.3, 0.4) is 0 Å². The van der Waals surface area contributed by atoms with Crippen LogP contribution in [0, 0.1) is 0 Å². The van der Waals surface area contributed by atoms with Crippen molar-refractivity contribution in [1.82, 2.24) is 14.3 Å². The molecule has 0 unspecified atom stereocenters. The standard InChI is InChI=1S/C14H17N3O3S/c1-3-5-16(10-13(19)20-4-2)9-11-8-12(18)17-6-7-21-14(17)15-11/h3,6-8H,1,4-5,9-10H2,2H3. The Morgan fingerprint density at radius 1 is 1.62 bits per heavy atom. The van der Waals surface area contributed by atoms with Gasteiger partial charge in [0.05, 0.1) is 18.8 Å². The summed E-state index contributed by atoms with van der Waals surface area (Å²) in [5, 5.41) is 1.81. The molecule has 21 heavy (non-hydrogen) atoms. The molecule has 112 valence electrons. The second kappa shape index (κ2) is 7.14. The highest BCUT2D eigenvalue weighted by Crippen LogP contribution is 2.08. The van der Waals surface area contributed by atoms with Gasteiger partial charge in [-0.15, -0.1) is 17.9 Å². The van der Waals surface area contributed by atoms with Crippen molar-refractivity contribution in [3.63, 3.8) is 0 Å². The van der Waals surface area contributed by atoms with E-state index in [4.69, 9.17) is 4.74 Å². The molecule has 0 saturated carbocycles. The zero-order valence-corrected chi connectivity index (χ0v) is 12.6. The number of aromatic nitrogens is 2. The second-order valence-corrected chi connectivity index (χ2v) is 5.28. The lowest BCUT2D eigenvalue weighted by molar-refractivity contribution is -0.144. The van der Waals surface area contributed by atoms with Crippen LogP contribution in [0.1, 0.15) is 12.6 Å². The Kier molecular flexibility index (Phi) is 5.24. The van der Waals surface area contributed by atoms with Crippen molar-refractivity contribution in [1.29, 1.82) is 0 Å². The number of thiazole rings is 1. The fraction of sp³-hybridized carbons (Fsp3) is 0.357. The van der Waals surface area contributed by atoms with Gasteiger partial charge >= 0.3 is 5.97 Å². The molecule has 0 amide bonds. The lowest BCUT2D eigenvalue weighted by Gasteiger charge is -2.18. The van der Waals surface area contributed by atoms with Gasteiger partial charge in [-0.25, -0.2) is 4.98 Å². The van der Waals surface area contributed by atoms with Crippen LogP contribution in [0.15, 0.2) is 35.1 Å². The monoisotopic (exact) mass is 307 g/mol. The van der Waals surface area contributed by atoms with Crippen molar-refractivity contribution in [3.05, 3.63) is 46.3 Å². The maximum Gasteiger partial charge on any atom is 0.320 e. The molecule has 0 fully saturated rings. The molecule has 0 saturated heterocycles. The zero-order chi connectivity index (χ0) is 15.2. The van der Waals surface area contributed by atoms with Crippen molar-refractivity contribution in [2.45, 2.75) is 13.5 Å². The number of rotatable bonds is 7. The number of carbonyl (C=O) groups is 1. The third-order valence-corrected chi connectivity index (χ3v) is 3.54. The fourth-order valence-electron chi connectivity index (χ4n) is 1.95. The van der Waals surface area contributed by atoms with Crippen LogP contribution in [0.2, 0.25) is 0 Å². The summed E-state index contributed by atoms with van der Waals surface area (Å²) in [5.41, 5.74) is 0.513. The molecule has 0 aliphatic carbocycles. The minimum Gasteiger partial charge on any atom is -0.465 e. The average molecular weight is 307 g/mol. The van der Waals surface area contributed by atoms with Crippen molar-refractivity contribution >= 4 is 22.3 Å². The number of ether oxygens (including phenoxy) is 1. The Labute approximate surface area is 126 Å². The van der Waals surface area contributed by atoms with Gasteiger partial charge in [0.25, 0.3) is 5.56 Å². The van der Waals surface area contributed by atoms with Gasteiger partial charge in [0.15, 0.2) is 4.96 Å². The number of hydrogen-bond donors (Lipinski definition) is 0. The molecule has 0 radical (unpaired) electrons. The maximum atomic E-state index is 11.9. The van der Waals surface area contributed by atoms with E-state index in [0.29, 0.717) is 30.4 Å². The van der Waals surface area contributed by atoms with Crippen molar-refractivity contribution in [2.24, 2.45) is 0 Å². The van der Waals surface area contributed by atoms with Crippen molar-refractivity contribution < 1.29 is 9.53 Å². The number of nitrogens with zero attached hydrogens (tertiary/aromatic N) is 3. The highest BCUT2D eigenvalue weighted by molar-refractivity contribution is 7.15. The molecular weight excluding hydrogens is 290 g/mol. The van der Waals surface area contributed by atoms with Crippen LogP contribution in [0.5, 0.6) is 0 Å². The first kappa shape index (κ1) is 15.4. The normalized spacial score (nSPS) is 11.0. The molecule has 2 rings (SSSR count). The average Bonchev–Trinajstić information content (AvgIpc) is 2.88. The van der Waals surface area contributed by atoms with Crippen LogP contribution in [-0.4, -0.2) is 40.0 Å². The molecule has 0 aliphatic rings. The summed E-state index contributed by atoms with van der Waals surface area (Å²) in [7, 11) is 0. The largest absolute Gasteiger partial charge is 0.465 e. The lowest BCUT2D eigenvalue weighted by atomic mass is 10.3. The van der Waals surface area contributed by atoms with E-state index in [1.165, 1.54) is 21.8 Å². The quantitative estimate of drug-likeness (QED) is 0.570. The van der Waals surface area contributed by atoms with Gasteiger partial charge in [0, 0.05) is 30.7 Å². The Bertz CT molecular complexity index is 692. The smallest absolute Gasteiger partial charge is 0.320 e. The molecule has 2 aromatic heterocycles. The summed E-state index contributed by atoms with van der Waals surface area (Å²) in [6.07, 6.45) is 3.40. The van der Waals surface area contributed by atoms with E-state index in [2.05, 4.69) is 11.6 Å². The number of esters is 1. The first-order chi connectivity index (χ1) is 10.1. The van der Waals surface area contributed by atoms with Gasteiger partial charge in [0.1, 0.15) is 0 Å². The van der Waals surface area contributed by atoms with Crippen molar-refractivity contribution in [3.8, 4) is 0 Å². The number of carbonyl (C=O) groups excluding carboxylic acids is 1. The molecule has 0 spiro atoms. The highest BCUT2D eigenvalue weighted by Gasteiger charge is 2.13. The molecule has 2 heterocycles. The van der Waals surface area contributed by atoms with Crippen LogP contribution in [0.4, 0.5) is 0 Å². The van der Waals surface area contributed by atoms with Gasteiger partial charge in [-0.3, -0.25) is 18.9 Å². The summed E-state index contributed by atoms with van der Waals surface area (Å²) >= 11 is 1.40. The van der Waals surface area contributed by atoms with E-state index in [1.54, 1.807) is 19.2 Å². The summed E-state index contributed by atoms with van der Waals surface area (Å²) in [5.74, 6) is -0.298. The SMILES string of the molecule is C=CCN(CC(=O)OCC)Cc1cc(=O)n2ccsc2n1. The van der Waals surface area contributed by atoms with Crippen LogP contribution >= 0.6 is 11.3 Å². The number of fused-ring (bicyclic) bond motifs is 1.